The van der Waals surface area contributed by atoms with Crippen LogP contribution in [0.25, 0.3) is 0 Å². The Morgan fingerprint density at radius 1 is 1.39 bits per heavy atom. The van der Waals surface area contributed by atoms with Crippen LogP contribution in [0.1, 0.15) is 12.0 Å². The van der Waals surface area contributed by atoms with E-state index in [0.717, 1.165) is 11.4 Å². The Hall–Kier alpha value is -1.41. The van der Waals surface area contributed by atoms with Crippen LogP contribution < -0.4 is 16.2 Å². The fourth-order valence-electron chi connectivity index (χ4n) is 1.97. The first kappa shape index (κ1) is 13.0. The molecule has 1 fully saturated rings. The molecule has 0 aliphatic carbocycles. The van der Waals surface area contributed by atoms with Crippen LogP contribution in [-0.4, -0.2) is 43.0 Å². The summed E-state index contributed by atoms with van der Waals surface area (Å²) in [7, 11) is -2.91. The number of hydrazine groups is 1. The summed E-state index contributed by atoms with van der Waals surface area (Å²) in [6, 6.07) is 0. The van der Waals surface area contributed by atoms with Crippen LogP contribution in [0.5, 0.6) is 0 Å². The van der Waals surface area contributed by atoms with Crippen LogP contribution in [-0.2, 0) is 9.84 Å². The Morgan fingerprint density at radius 3 is 2.89 bits per heavy atom. The summed E-state index contributed by atoms with van der Waals surface area (Å²) < 4.78 is 23.1. The Kier molecular flexibility index (Phi) is 3.67. The number of nitrogens with one attached hydrogen (secondary N) is 1. The molecule has 0 spiro atoms. The van der Waals surface area contributed by atoms with Crippen molar-refractivity contribution in [1.29, 1.82) is 0 Å². The third-order valence-electron chi connectivity index (χ3n) is 2.93. The lowest BCUT2D eigenvalue weighted by molar-refractivity contribution is 0.597. The number of hydrogen-bond acceptors (Lipinski definition) is 7. The van der Waals surface area contributed by atoms with Gasteiger partial charge in [0.25, 0.3) is 0 Å². The highest BCUT2D eigenvalue weighted by Gasteiger charge is 2.21. The fourth-order valence-corrected chi connectivity index (χ4v) is 3.24. The van der Waals surface area contributed by atoms with Crippen LogP contribution in [0, 0.1) is 6.92 Å². The van der Waals surface area contributed by atoms with E-state index in [4.69, 9.17) is 5.84 Å². The number of sulfone groups is 1. The predicted octanol–water partition coefficient (Wildman–Crippen LogP) is -0.304. The second-order valence-corrected chi connectivity index (χ2v) is 6.64. The first-order valence-corrected chi connectivity index (χ1v) is 7.59. The Morgan fingerprint density at radius 2 is 2.17 bits per heavy atom. The van der Waals surface area contributed by atoms with Gasteiger partial charge in [0.1, 0.15) is 5.82 Å². The largest absolute Gasteiger partial charge is 0.355 e. The van der Waals surface area contributed by atoms with Crippen LogP contribution >= 0.6 is 0 Å². The summed E-state index contributed by atoms with van der Waals surface area (Å²) in [5.74, 6) is 6.78. The van der Waals surface area contributed by atoms with E-state index in [1.165, 1.54) is 0 Å². The van der Waals surface area contributed by atoms with Crippen molar-refractivity contribution in [3.05, 3.63) is 11.8 Å². The molecular weight excluding hydrogens is 254 g/mol. The molecule has 18 heavy (non-hydrogen) atoms. The molecule has 3 N–H and O–H groups in total. The maximum atomic E-state index is 11.6. The molecule has 1 aliphatic heterocycles. The minimum atomic E-state index is -2.91. The Labute approximate surface area is 106 Å². The minimum Gasteiger partial charge on any atom is -0.355 e. The van der Waals surface area contributed by atoms with Crippen molar-refractivity contribution in [2.45, 2.75) is 13.3 Å². The van der Waals surface area contributed by atoms with E-state index in [-0.39, 0.29) is 11.5 Å². The predicted molar refractivity (Wildman–Crippen MR) is 70.1 cm³/mol. The van der Waals surface area contributed by atoms with E-state index in [1.54, 1.807) is 6.20 Å². The van der Waals surface area contributed by atoms with E-state index in [9.17, 15) is 8.42 Å². The number of aromatic nitrogens is 2. The third kappa shape index (κ3) is 2.88. The second kappa shape index (κ2) is 5.07. The molecule has 1 aromatic heterocycles. The third-order valence-corrected chi connectivity index (χ3v) is 4.64. The van der Waals surface area contributed by atoms with Crippen molar-refractivity contribution < 1.29 is 8.42 Å². The highest BCUT2D eigenvalue weighted by atomic mass is 32.2. The van der Waals surface area contributed by atoms with Gasteiger partial charge in [-0.15, -0.1) is 0 Å². The Bertz CT molecular complexity index is 531. The molecule has 0 aromatic carbocycles. The van der Waals surface area contributed by atoms with Gasteiger partial charge in [-0.25, -0.2) is 19.2 Å². The van der Waals surface area contributed by atoms with Gasteiger partial charge < -0.3 is 4.90 Å². The van der Waals surface area contributed by atoms with Crippen molar-refractivity contribution in [2.75, 3.05) is 34.9 Å². The van der Waals surface area contributed by atoms with E-state index < -0.39 is 9.84 Å². The normalized spacial score (nSPS) is 19.3. The molecule has 8 heteroatoms. The zero-order valence-corrected chi connectivity index (χ0v) is 11.1. The molecule has 100 valence electrons. The number of hydrogen-bond donors (Lipinski definition) is 2. The number of rotatable bonds is 2. The molecule has 1 saturated heterocycles. The van der Waals surface area contributed by atoms with Crippen LogP contribution in [0.4, 0.5) is 11.8 Å². The lowest BCUT2D eigenvalue weighted by Gasteiger charge is -2.22. The topological polar surface area (TPSA) is 101 Å². The van der Waals surface area contributed by atoms with Crippen LogP contribution in [0.15, 0.2) is 6.20 Å². The number of aryl methyl sites for hydroxylation is 1. The molecule has 1 aliphatic rings. The highest BCUT2D eigenvalue weighted by molar-refractivity contribution is 7.91. The Balaban J connectivity index is 2.25. The molecule has 0 atom stereocenters. The molecule has 7 nitrogen and oxygen atoms in total. The number of nitrogens with zero attached hydrogens (tertiary/aromatic N) is 3. The van der Waals surface area contributed by atoms with Gasteiger partial charge in [0.15, 0.2) is 9.84 Å². The molecule has 1 aromatic rings. The smallest absolute Gasteiger partial charge is 0.239 e. The van der Waals surface area contributed by atoms with Crippen molar-refractivity contribution in [3.63, 3.8) is 0 Å². The van der Waals surface area contributed by atoms with Gasteiger partial charge >= 0.3 is 0 Å². The molecule has 0 radical (unpaired) electrons. The van der Waals surface area contributed by atoms with Gasteiger partial charge in [0.2, 0.25) is 5.95 Å². The lowest BCUT2D eigenvalue weighted by Crippen LogP contribution is -2.29. The van der Waals surface area contributed by atoms with Gasteiger partial charge in [0, 0.05) is 24.8 Å². The summed E-state index contributed by atoms with van der Waals surface area (Å²) >= 11 is 0. The highest BCUT2D eigenvalue weighted by Crippen LogP contribution is 2.19. The molecule has 0 amide bonds. The van der Waals surface area contributed by atoms with Crippen LogP contribution in [0.2, 0.25) is 0 Å². The van der Waals surface area contributed by atoms with Gasteiger partial charge in [-0.1, -0.05) is 0 Å². The zero-order valence-electron chi connectivity index (χ0n) is 10.3. The van der Waals surface area contributed by atoms with E-state index in [1.807, 2.05) is 11.8 Å². The number of anilines is 2. The van der Waals surface area contributed by atoms with Crippen LogP contribution in [0.3, 0.4) is 0 Å². The first-order chi connectivity index (χ1) is 8.52. The maximum Gasteiger partial charge on any atom is 0.239 e. The lowest BCUT2D eigenvalue weighted by atomic mass is 10.3. The molecule has 2 heterocycles. The van der Waals surface area contributed by atoms with Crippen molar-refractivity contribution >= 4 is 21.6 Å². The fraction of sp³-hybridized carbons (Fsp3) is 0.600. The summed E-state index contributed by atoms with van der Waals surface area (Å²) in [6.07, 6.45) is 2.30. The summed E-state index contributed by atoms with van der Waals surface area (Å²) in [4.78, 5) is 10.3. The first-order valence-electron chi connectivity index (χ1n) is 5.77. The summed E-state index contributed by atoms with van der Waals surface area (Å²) in [6.45, 7) is 3.04. The van der Waals surface area contributed by atoms with Crippen molar-refractivity contribution in [3.8, 4) is 0 Å². The number of nitrogens with two attached hydrogens (primary N) is 1. The van der Waals surface area contributed by atoms with E-state index in [2.05, 4.69) is 15.4 Å². The van der Waals surface area contributed by atoms with Crippen molar-refractivity contribution in [1.82, 2.24) is 9.97 Å². The van der Waals surface area contributed by atoms with Gasteiger partial charge in [0.05, 0.1) is 11.5 Å². The van der Waals surface area contributed by atoms with Gasteiger partial charge in [-0.05, 0) is 13.3 Å². The monoisotopic (exact) mass is 271 g/mol. The summed E-state index contributed by atoms with van der Waals surface area (Å²) in [5.41, 5.74) is 3.31. The SMILES string of the molecule is Cc1cnc(NN)nc1N1CCCS(=O)(=O)CC1. The van der Waals surface area contributed by atoms with Gasteiger partial charge in [-0.3, -0.25) is 5.43 Å². The molecule has 0 unspecified atom stereocenters. The number of nitrogen functional groups attached to an aromatic ring is 1. The molecule has 0 bridgehead atoms. The van der Waals surface area contributed by atoms with E-state index in [0.29, 0.717) is 25.5 Å². The molecule has 0 saturated carbocycles. The minimum absolute atomic E-state index is 0.168. The standard InChI is InChI=1S/C10H17N5O2S/c1-8-7-12-10(14-11)13-9(8)15-3-2-5-18(16,17)6-4-15/h7H,2-6,11H2,1H3,(H,12,13,14). The zero-order chi connectivity index (χ0) is 13.2. The van der Waals surface area contributed by atoms with Crippen molar-refractivity contribution in [2.24, 2.45) is 5.84 Å². The molecule has 2 rings (SSSR count). The average Bonchev–Trinajstić information content (AvgIpc) is 2.51. The molecular formula is C10H17N5O2S. The second-order valence-electron chi connectivity index (χ2n) is 4.34. The summed E-state index contributed by atoms with van der Waals surface area (Å²) in [5, 5.41) is 0. The van der Waals surface area contributed by atoms with E-state index >= 15 is 0 Å². The maximum absolute atomic E-state index is 11.6. The van der Waals surface area contributed by atoms with Gasteiger partial charge in [-0.2, -0.15) is 4.98 Å². The quantitative estimate of drug-likeness (QED) is 0.562. The average molecular weight is 271 g/mol.